The highest BCUT2D eigenvalue weighted by Crippen LogP contribution is 2.30. The molecule has 5 N–H and O–H groups in total. The lowest BCUT2D eigenvalue weighted by molar-refractivity contribution is -0.275. The molecule has 0 spiro atoms. The molecule has 1 heterocycles. The molecule has 11 heteroatoms. The number of carboxylic acids is 1. The summed E-state index contributed by atoms with van der Waals surface area (Å²) in [4.78, 5) is 10.8. The number of aliphatic hydroxyl groups is 3. The summed E-state index contributed by atoms with van der Waals surface area (Å²) in [6.07, 6.45) is -9.18. The number of hydrogen-bond donors (Lipinski definition) is 5. The van der Waals surface area contributed by atoms with E-state index in [1.165, 1.54) is 0 Å². The van der Waals surface area contributed by atoms with Gasteiger partial charge >= 0.3 is 5.97 Å². The minimum Gasteiger partial charge on any atom is -0.479 e. The molecule has 0 aromatic heterocycles. The van der Waals surface area contributed by atoms with E-state index in [2.05, 4.69) is 4.74 Å². The molecule has 1 aliphatic rings. The van der Waals surface area contributed by atoms with Gasteiger partial charge in [-0.1, -0.05) is 34.8 Å². The molecule has 1 aliphatic heterocycles. The van der Waals surface area contributed by atoms with E-state index in [4.69, 9.17) is 50.1 Å². The van der Waals surface area contributed by atoms with E-state index in [1.807, 2.05) is 0 Å². The molecule has 0 aromatic carbocycles. The zero-order valence-electron chi connectivity index (χ0n) is 9.03. The second kappa shape index (κ2) is 5.96. The quantitative estimate of drug-likeness (QED) is 0.253. The number of halogens is 3. The van der Waals surface area contributed by atoms with Gasteiger partial charge in [0.15, 0.2) is 6.10 Å². The molecule has 19 heavy (non-hydrogen) atoms. The molecule has 110 valence electrons. The lowest BCUT2D eigenvalue weighted by atomic mass is 9.99. The number of nitrogens with one attached hydrogen (secondary N) is 1. The molecule has 1 fully saturated rings. The fourth-order valence-electron chi connectivity index (χ4n) is 1.33. The van der Waals surface area contributed by atoms with E-state index >= 15 is 0 Å². The van der Waals surface area contributed by atoms with Crippen molar-refractivity contribution in [3.05, 3.63) is 0 Å². The molecule has 1 saturated heterocycles. The summed E-state index contributed by atoms with van der Waals surface area (Å²) in [6.45, 7) is 0. The van der Waals surface area contributed by atoms with E-state index < -0.39 is 46.4 Å². The number of rotatable bonds is 2. The molecule has 0 saturated carbocycles. The van der Waals surface area contributed by atoms with Gasteiger partial charge in [0.25, 0.3) is 3.79 Å². The van der Waals surface area contributed by atoms with Crippen molar-refractivity contribution in [2.75, 3.05) is 0 Å². The van der Waals surface area contributed by atoms with Gasteiger partial charge in [-0.15, -0.1) is 0 Å². The van der Waals surface area contributed by atoms with Crippen LogP contribution in [0.3, 0.4) is 0 Å². The van der Waals surface area contributed by atoms with Crippen LogP contribution in [-0.2, 0) is 14.3 Å². The third-order valence-corrected chi connectivity index (χ3v) is 2.82. The first-order valence-electron chi connectivity index (χ1n) is 4.80. The van der Waals surface area contributed by atoms with Gasteiger partial charge in [-0.25, -0.2) is 4.79 Å². The Labute approximate surface area is 121 Å². The van der Waals surface area contributed by atoms with Gasteiger partial charge in [0, 0.05) is 0 Å². The highest BCUT2D eigenvalue weighted by molar-refractivity contribution is 6.76. The first kappa shape index (κ1) is 16.7. The maximum Gasteiger partial charge on any atom is 0.335 e. The lowest BCUT2D eigenvalue weighted by Gasteiger charge is -2.38. The van der Waals surface area contributed by atoms with Gasteiger partial charge in [0.2, 0.25) is 12.2 Å². The molecule has 8 nitrogen and oxygen atoms in total. The van der Waals surface area contributed by atoms with Crippen molar-refractivity contribution in [1.82, 2.24) is 0 Å². The van der Waals surface area contributed by atoms with Crippen LogP contribution in [0.5, 0.6) is 0 Å². The minimum atomic E-state index is -2.25. The number of carboxylic acid groups (broad SMARTS) is 1. The number of hydrogen-bond acceptors (Lipinski definition) is 7. The standard InChI is InChI=1S/C8H10Cl3NO7/c9-8(10,11)7(12)19-6-3(15)1(13)2(14)4(18-6)5(16)17/h1-4,6,12-15H,(H,16,17)/t1-,2-,3+,4-,6?/m0/s1. The second-order valence-corrected chi connectivity index (χ2v) is 5.96. The predicted octanol–water partition coefficient (Wildman–Crippen LogP) is -0.757. The molecule has 1 rings (SSSR count). The van der Waals surface area contributed by atoms with Crippen LogP contribution in [0.2, 0.25) is 0 Å². The SMILES string of the molecule is N=C(OC1O[C@H](C(=O)O)[C@@H](O)[C@H](O)[C@H]1O)C(Cl)(Cl)Cl. The summed E-state index contributed by atoms with van der Waals surface area (Å²) in [5.41, 5.74) is 0. The number of aliphatic hydroxyl groups excluding tert-OH is 3. The maximum atomic E-state index is 10.8. The molecular weight excluding hydrogens is 328 g/mol. The van der Waals surface area contributed by atoms with Crippen LogP contribution in [0, 0.1) is 5.41 Å². The van der Waals surface area contributed by atoms with Crippen molar-refractivity contribution in [3.63, 3.8) is 0 Å². The van der Waals surface area contributed by atoms with Crippen LogP contribution in [0.15, 0.2) is 0 Å². The Morgan fingerprint density at radius 1 is 1.16 bits per heavy atom. The fourth-order valence-corrected chi connectivity index (χ4v) is 1.47. The molecule has 0 amide bonds. The summed E-state index contributed by atoms with van der Waals surface area (Å²) in [6, 6.07) is 0. The molecule has 0 bridgehead atoms. The normalized spacial score (nSPS) is 35.8. The van der Waals surface area contributed by atoms with E-state index in [0.29, 0.717) is 0 Å². The predicted molar refractivity (Wildman–Crippen MR) is 63.4 cm³/mol. The first-order chi connectivity index (χ1) is 8.55. The van der Waals surface area contributed by atoms with Gasteiger partial charge in [0.05, 0.1) is 0 Å². The Morgan fingerprint density at radius 3 is 2.11 bits per heavy atom. The molecule has 5 atom stereocenters. The average Bonchev–Trinajstić information content (AvgIpc) is 2.28. The van der Waals surface area contributed by atoms with Crippen LogP contribution >= 0.6 is 34.8 Å². The number of aliphatic carboxylic acids is 1. The Hall–Kier alpha value is -0.350. The van der Waals surface area contributed by atoms with Crippen LogP contribution in [0.1, 0.15) is 0 Å². The van der Waals surface area contributed by atoms with Crippen molar-refractivity contribution in [2.45, 2.75) is 34.5 Å². The highest BCUT2D eigenvalue weighted by atomic mass is 35.6. The number of carbonyl (C=O) groups is 1. The van der Waals surface area contributed by atoms with E-state index in [-0.39, 0.29) is 0 Å². The second-order valence-electron chi connectivity index (χ2n) is 3.68. The van der Waals surface area contributed by atoms with Gasteiger partial charge in [-0.3, -0.25) is 5.41 Å². The number of alkyl halides is 3. The highest BCUT2D eigenvalue weighted by Gasteiger charge is 2.49. The van der Waals surface area contributed by atoms with Crippen LogP contribution in [0.25, 0.3) is 0 Å². The third-order valence-electron chi connectivity index (χ3n) is 2.30. The maximum absolute atomic E-state index is 10.8. The van der Waals surface area contributed by atoms with E-state index in [0.717, 1.165) is 0 Å². The topological polar surface area (TPSA) is 140 Å². The van der Waals surface area contributed by atoms with Crippen LogP contribution in [0.4, 0.5) is 0 Å². The molecular formula is C8H10Cl3NO7. The van der Waals surface area contributed by atoms with Crippen molar-refractivity contribution in [2.24, 2.45) is 0 Å². The van der Waals surface area contributed by atoms with Crippen LogP contribution < -0.4 is 0 Å². The largest absolute Gasteiger partial charge is 0.479 e. The Kier molecular flexibility index (Phi) is 5.24. The van der Waals surface area contributed by atoms with Gasteiger partial charge in [0.1, 0.15) is 18.3 Å². The molecule has 1 unspecified atom stereocenters. The number of ether oxygens (including phenoxy) is 2. The van der Waals surface area contributed by atoms with E-state index in [9.17, 15) is 20.1 Å². The zero-order chi connectivity index (χ0) is 15.0. The van der Waals surface area contributed by atoms with Gasteiger partial charge in [-0.05, 0) is 0 Å². The summed E-state index contributed by atoms with van der Waals surface area (Å²) in [5.74, 6) is -2.53. The van der Waals surface area contributed by atoms with Crippen molar-refractivity contribution >= 4 is 46.7 Å². The average molecular weight is 339 g/mol. The van der Waals surface area contributed by atoms with Crippen LogP contribution in [-0.4, -0.2) is 66.8 Å². The lowest BCUT2D eigenvalue weighted by Crippen LogP contribution is -2.60. The first-order valence-corrected chi connectivity index (χ1v) is 5.94. The van der Waals surface area contributed by atoms with Gasteiger partial charge < -0.3 is 29.9 Å². The third kappa shape index (κ3) is 3.82. The molecule has 0 aromatic rings. The van der Waals surface area contributed by atoms with Crippen molar-refractivity contribution in [1.29, 1.82) is 5.41 Å². The molecule has 0 aliphatic carbocycles. The summed E-state index contributed by atoms with van der Waals surface area (Å²) in [5, 5.41) is 44.4. The minimum absolute atomic E-state index is 0.936. The zero-order valence-corrected chi connectivity index (χ0v) is 11.3. The fraction of sp³-hybridized carbons (Fsp3) is 0.750. The van der Waals surface area contributed by atoms with Crippen molar-refractivity contribution < 1.29 is 34.7 Å². The molecule has 0 radical (unpaired) electrons. The van der Waals surface area contributed by atoms with Crippen molar-refractivity contribution in [3.8, 4) is 0 Å². The summed E-state index contributed by atoms with van der Waals surface area (Å²) < 4.78 is 7.11. The Balaban J connectivity index is 2.83. The summed E-state index contributed by atoms with van der Waals surface area (Å²) in [7, 11) is 0. The monoisotopic (exact) mass is 337 g/mol. The Bertz CT molecular complexity index is 374. The smallest absolute Gasteiger partial charge is 0.335 e. The summed E-state index contributed by atoms with van der Waals surface area (Å²) >= 11 is 16.0. The van der Waals surface area contributed by atoms with E-state index in [1.54, 1.807) is 0 Å². The Morgan fingerprint density at radius 2 is 1.68 bits per heavy atom. The van der Waals surface area contributed by atoms with Gasteiger partial charge in [-0.2, -0.15) is 0 Å².